The average molecular weight is 353 g/mol. The number of nitrogens with one attached hydrogen (secondary N) is 1. The van der Waals surface area contributed by atoms with Crippen molar-refractivity contribution in [3.05, 3.63) is 69.5 Å². The molecular formula is C18H15N3O5. The molecule has 0 aliphatic carbocycles. The van der Waals surface area contributed by atoms with Gasteiger partial charge in [0.1, 0.15) is 11.3 Å². The number of furan rings is 1. The van der Waals surface area contributed by atoms with Gasteiger partial charge in [-0.15, -0.1) is 0 Å². The van der Waals surface area contributed by atoms with Crippen molar-refractivity contribution in [1.82, 2.24) is 5.43 Å². The Morgan fingerprint density at radius 3 is 2.65 bits per heavy atom. The second kappa shape index (κ2) is 7.06. The van der Waals surface area contributed by atoms with E-state index in [4.69, 9.17) is 9.15 Å². The van der Waals surface area contributed by atoms with E-state index in [9.17, 15) is 14.9 Å². The molecule has 0 unspecified atom stereocenters. The number of carbonyl (C=O) groups is 1. The minimum atomic E-state index is -0.501. The fourth-order valence-corrected chi connectivity index (χ4v) is 2.55. The van der Waals surface area contributed by atoms with Crippen LogP contribution in [0.15, 0.2) is 52.0 Å². The van der Waals surface area contributed by atoms with Crippen molar-refractivity contribution in [1.29, 1.82) is 0 Å². The van der Waals surface area contributed by atoms with Crippen molar-refractivity contribution in [2.75, 3.05) is 7.11 Å². The summed E-state index contributed by atoms with van der Waals surface area (Å²) in [5, 5.41) is 15.2. The largest absolute Gasteiger partial charge is 0.496 e. The van der Waals surface area contributed by atoms with Gasteiger partial charge >= 0.3 is 5.91 Å². The monoisotopic (exact) mass is 353 g/mol. The topological polar surface area (TPSA) is 107 Å². The Labute approximate surface area is 148 Å². The van der Waals surface area contributed by atoms with Gasteiger partial charge in [-0.1, -0.05) is 6.07 Å². The van der Waals surface area contributed by atoms with E-state index in [0.29, 0.717) is 22.5 Å². The van der Waals surface area contributed by atoms with E-state index in [2.05, 4.69) is 10.5 Å². The number of amides is 1. The first-order chi connectivity index (χ1) is 12.5. The van der Waals surface area contributed by atoms with Gasteiger partial charge in [-0.25, -0.2) is 5.43 Å². The predicted octanol–water partition coefficient (Wildman–Crippen LogP) is 3.42. The van der Waals surface area contributed by atoms with Gasteiger partial charge in [0.05, 0.1) is 23.6 Å². The maximum Gasteiger partial charge on any atom is 0.307 e. The van der Waals surface area contributed by atoms with Gasteiger partial charge in [0.25, 0.3) is 5.69 Å². The highest BCUT2D eigenvalue weighted by molar-refractivity contribution is 6.01. The molecule has 0 bridgehead atoms. The van der Waals surface area contributed by atoms with Crippen LogP contribution in [0.1, 0.15) is 21.7 Å². The fourth-order valence-electron chi connectivity index (χ4n) is 2.55. The SMILES string of the molecule is COc1cccc2oc(C(=O)N/N=C/c3ccc([N+](=O)[O-])cc3)c(C)c12. The zero-order chi connectivity index (χ0) is 18.7. The molecule has 132 valence electrons. The summed E-state index contributed by atoms with van der Waals surface area (Å²) in [4.78, 5) is 22.5. The van der Waals surface area contributed by atoms with Crippen LogP contribution in [0.4, 0.5) is 5.69 Å². The third kappa shape index (κ3) is 3.25. The minimum absolute atomic E-state index is 0.0157. The van der Waals surface area contributed by atoms with E-state index in [1.54, 1.807) is 32.2 Å². The number of carbonyl (C=O) groups excluding carboxylic acids is 1. The summed E-state index contributed by atoms with van der Waals surface area (Å²) >= 11 is 0. The maximum atomic E-state index is 12.3. The number of aryl methyl sites for hydroxylation is 1. The third-order valence-corrected chi connectivity index (χ3v) is 3.83. The number of benzene rings is 2. The van der Waals surface area contributed by atoms with Crippen LogP contribution in [-0.4, -0.2) is 24.2 Å². The quantitative estimate of drug-likeness (QED) is 0.430. The van der Waals surface area contributed by atoms with Crippen LogP contribution in [0, 0.1) is 17.0 Å². The number of fused-ring (bicyclic) bond motifs is 1. The van der Waals surface area contributed by atoms with Crippen molar-refractivity contribution < 1.29 is 18.9 Å². The third-order valence-electron chi connectivity index (χ3n) is 3.83. The number of nitro benzene ring substituents is 1. The lowest BCUT2D eigenvalue weighted by atomic mass is 10.1. The Morgan fingerprint density at radius 1 is 1.27 bits per heavy atom. The van der Waals surface area contributed by atoms with Crippen LogP contribution in [0.2, 0.25) is 0 Å². The summed E-state index contributed by atoms with van der Waals surface area (Å²) in [6.07, 6.45) is 1.39. The van der Waals surface area contributed by atoms with E-state index >= 15 is 0 Å². The molecule has 0 radical (unpaired) electrons. The summed E-state index contributed by atoms with van der Waals surface area (Å²) < 4.78 is 10.9. The second-order valence-corrected chi connectivity index (χ2v) is 5.44. The first-order valence-corrected chi connectivity index (χ1v) is 7.65. The molecule has 0 saturated heterocycles. The number of non-ortho nitro benzene ring substituents is 1. The molecule has 1 amide bonds. The number of hydrogen-bond acceptors (Lipinski definition) is 6. The van der Waals surface area contributed by atoms with Gasteiger partial charge in [0.15, 0.2) is 5.76 Å². The van der Waals surface area contributed by atoms with Gasteiger partial charge in [0, 0.05) is 17.7 Å². The molecule has 0 spiro atoms. The molecule has 3 rings (SSSR count). The van der Waals surface area contributed by atoms with Crippen LogP contribution < -0.4 is 10.2 Å². The van der Waals surface area contributed by atoms with Crippen LogP contribution in [-0.2, 0) is 0 Å². The highest BCUT2D eigenvalue weighted by Gasteiger charge is 2.19. The first-order valence-electron chi connectivity index (χ1n) is 7.65. The second-order valence-electron chi connectivity index (χ2n) is 5.44. The predicted molar refractivity (Wildman–Crippen MR) is 95.7 cm³/mol. The number of hydrazone groups is 1. The van der Waals surface area contributed by atoms with Crippen LogP contribution >= 0.6 is 0 Å². The Bertz CT molecular complexity index is 1010. The summed E-state index contributed by atoms with van der Waals surface area (Å²) in [6, 6.07) is 11.1. The zero-order valence-electron chi connectivity index (χ0n) is 14.1. The molecule has 0 atom stereocenters. The van der Waals surface area contributed by atoms with E-state index in [0.717, 1.165) is 5.39 Å². The average Bonchev–Trinajstić information content (AvgIpc) is 2.99. The Balaban J connectivity index is 1.77. The molecule has 26 heavy (non-hydrogen) atoms. The number of methoxy groups -OCH3 is 1. The summed E-state index contributed by atoms with van der Waals surface area (Å²) in [5.74, 6) is 0.265. The summed E-state index contributed by atoms with van der Waals surface area (Å²) in [7, 11) is 1.55. The molecule has 0 saturated carbocycles. The van der Waals surface area contributed by atoms with Crippen molar-refractivity contribution in [3.63, 3.8) is 0 Å². The normalized spacial score (nSPS) is 11.0. The molecule has 1 heterocycles. The van der Waals surface area contributed by atoms with E-state index in [1.165, 1.54) is 30.5 Å². The van der Waals surface area contributed by atoms with Crippen molar-refractivity contribution in [3.8, 4) is 5.75 Å². The lowest BCUT2D eigenvalue weighted by molar-refractivity contribution is -0.384. The van der Waals surface area contributed by atoms with Crippen molar-refractivity contribution in [2.24, 2.45) is 5.10 Å². The Morgan fingerprint density at radius 2 is 2.00 bits per heavy atom. The fraction of sp³-hybridized carbons (Fsp3) is 0.111. The van der Waals surface area contributed by atoms with Gasteiger partial charge in [-0.3, -0.25) is 14.9 Å². The van der Waals surface area contributed by atoms with Crippen LogP contribution in [0.5, 0.6) is 5.75 Å². The standard InChI is InChI=1S/C18H15N3O5/c1-11-16-14(25-2)4-3-5-15(16)26-17(11)18(22)20-19-10-12-6-8-13(9-7-12)21(23)24/h3-10H,1-2H3,(H,20,22)/b19-10+. The zero-order valence-corrected chi connectivity index (χ0v) is 14.1. The maximum absolute atomic E-state index is 12.3. The molecule has 3 aromatic rings. The van der Waals surface area contributed by atoms with Crippen LogP contribution in [0.3, 0.4) is 0 Å². The first kappa shape index (κ1) is 17.2. The van der Waals surface area contributed by atoms with Gasteiger partial charge in [0.2, 0.25) is 0 Å². The molecule has 2 aromatic carbocycles. The summed E-state index contributed by atoms with van der Waals surface area (Å²) in [5.41, 5.74) is 4.18. The van der Waals surface area contributed by atoms with E-state index < -0.39 is 10.8 Å². The smallest absolute Gasteiger partial charge is 0.307 e. The lowest BCUT2D eigenvalue weighted by Crippen LogP contribution is -2.17. The number of hydrogen-bond donors (Lipinski definition) is 1. The van der Waals surface area contributed by atoms with Crippen LogP contribution in [0.25, 0.3) is 11.0 Å². The molecule has 0 aliphatic heterocycles. The highest BCUT2D eigenvalue weighted by atomic mass is 16.6. The number of ether oxygens (including phenoxy) is 1. The van der Waals surface area contributed by atoms with E-state index in [-0.39, 0.29) is 11.4 Å². The Hall–Kier alpha value is -3.68. The van der Waals surface area contributed by atoms with E-state index in [1.807, 2.05) is 0 Å². The number of nitrogens with zero attached hydrogens (tertiary/aromatic N) is 2. The molecule has 0 aliphatic rings. The summed E-state index contributed by atoms with van der Waals surface area (Å²) in [6.45, 7) is 1.77. The van der Waals surface area contributed by atoms with Gasteiger partial charge < -0.3 is 9.15 Å². The number of nitro groups is 1. The molecule has 8 heteroatoms. The molecule has 0 fully saturated rings. The molecule has 8 nitrogen and oxygen atoms in total. The van der Waals surface area contributed by atoms with Gasteiger partial charge in [-0.2, -0.15) is 5.10 Å². The molecule has 1 aromatic heterocycles. The molecule has 1 N–H and O–H groups in total. The van der Waals surface area contributed by atoms with Crippen molar-refractivity contribution in [2.45, 2.75) is 6.92 Å². The minimum Gasteiger partial charge on any atom is -0.496 e. The number of rotatable bonds is 5. The highest BCUT2D eigenvalue weighted by Crippen LogP contribution is 2.32. The van der Waals surface area contributed by atoms with Crippen molar-refractivity contribution >= 4 is 28.8 Å². The molecular weight excluding hydrogens is 338 g/mol. The van der Waals surface area contributed by atoms with Gasteiger partial charge in [-0.05, 0) is 36.8 Å². The Kier molecular flexibility index (Phi) is 4.66. The lowest BCUT2D eigenvalue weighted by Gasteiger charge is -2.00.